The van der Waals surface area contributed by atoms with Crippen LogP contribution in [-0.4, -0.2) is 26.2 Å². The normalized spacial score (nSPS) is 18.1. The van der Waals surface area contributed by atoms with Gasteiger partial charge in [0.25, 0.3) is 0 Å². The Bertz CT molecular complexity index is 253. The molecule has 1 fully saturated rings. The van der Waals surface area contributed by atoms with Crippen LogP contribution >= 0.6 is 0 Å². The predicted molar refractivity (Wildman–Crippen MR) is 60.9 cm³/mol. The third kappa shape index (κ3) is 3.68. The second-order valence-electron chi connectivity index (χ2n) is 4.23. The molecule has 0 aliphatic carbocycles. The van der Waals surface area contributed by atoms with Crippen LogP contribution in [0.5, 0.6) is 0 Å². The Balaban J connectivity index is 1.54. The van der Waals surface area contributed by atoms with E-state index < -0.39 is 0 Å². The van der Waals surface area contributed by atoms with Gasteiger partial charge in [-0.15, -0.1) is 0 Å². The van der Waals surface area contributed by atoms with Crippen molar-refractivity contribution in [3.05, 3.63) is 24.2 Å². The maximum absolute atomic E-state index is 5.28. The van der Waals surface area contributed by atoms with E-state index in [1.54, 1.807) is 6.26 Å². The van der Waals surface area contributed by atoms with Crippen molar-refractivity contribution in [3.8, 4) is 0 Å². The fourth-order valence-electron chi connectivity index (χ4n) is 2.06. The second kappa shape index (κ2) is 5.93. The van der Waals surface area contributed by atoms with Gasteiger partial charge in [-0.3, -0.25) is 0 Å². The fourth-order valence-corrected chi connectivity index (χ4v) is 2.06. The molecular formula is C12H20N2O. The van der Waals surface area contributed by atoms with E-state index in [-0.39, 0.29) is 0 Å². The van der Waals surface area contributed by atoms with Gasteiger partial charge >= 0.3 is 0 Å². The molecule has 0 aromatic carbocycles. The van der Waals surface area contributed by atoms with Crippen molar-refractivity contribution in [3.63, 3.8) is 0 Å². The lowest BCUT2D eigenvalue weighted by atomic mass is 9.98. The van der Waals surface area contributed by atoms with Crippen LogP contribution in [0.3, 0.4) is 0 Å². The van der Waals surface area contributed by atoms with Crippen molar-refractivity contribution < 1.29 is 4.42 Å². The molecule has 0 amide bonds. The summed E-state index contributed by atoms with van der Waals surface area (Å²) in [6, 6.07) is 3.98. The van der Waals surface area contributed by atoms with E-state index >= 15 is 0 Å². The summed E-state index contributed by atoms with van der Waals surface area (Å²) < 4.78 is 5.28. The first-order chi connectivity index (χ1) is 7.45. The van der Waals surface area contributed by atoms with Gasteiger partial charge in [0.1, 0.15) is 5.76 Å². The molecule has 0 saturated carbocycles. The monoisotopic (exact) mass is 208 g/mol. The van der Waals surface area contributed by atoms with Crippen molar-refractivity contribution >= 4 is 0 Å². The Kier molecular flexibility index (Phi) is 4.23. The van der Waals surface area contributed by atoms with Crippen molar-refractivity contribution in [2.24, 2.45) is 5.92 Å². The molecule has 1 aliphatic rings. The highest BCUT2D eigenvalue weighted by molar-refractivity contribution is 4.98. The van der Waals surface area contributed by atoms with E-state index in [0.29, 0.717) is 0 Å². The zero-order valence-electron chi connectivity index (χ0n) is 9.17. The highest BCUT2D eigenvalue weighted by Gasteiger charge is 2.11. The van der Waals surface area contributed by atoms with Crippen molar-refractivity contribution in [1.29, 1.82) is 0 Å². The number of hydrogen-bond acceptors (Lipinski definition) is 3. The third-order valence-corrected chi connectivity index (χ3v) is 3.02. The van der Waals surface area contributed by atoms with E-state index in [2.05, 4.69) is 10.6 Å². The third-order valence-electron chi connectivity index (χ3n) is 3.02. The Morgan fingerprint density at radius 2 is 2.27 bits per heavy atom. The minimum atomic E-state index is 0.864. The summed E-state index contributed by atoms with van der Waals surface area (Å²) in [5.74, 6) is 1.94. The fraction of sp³-hybridized carbons (Fsp3) is 0.667. The van der Waals surface area contributed by atoms with E-state index in [1.807, 2.05) is 12.1 Å². The second-order valence-corrected chi connectivity index (χ2v) is 4.23. The molecule has 0 radical (unpaired) electrons. The molecule has 3 nitrogen and oxygen atoms in total. The standard InChI is InChI=1S/C12H20N2O/c1-2-12(15-9-1)5-8-14-10-11-3-6-13-7-4-11/h1-2,9,11,13-14H,3-8,10H2. The highest BCUT2D eigenvalue weighted by Crippen LogP contribution is 2.09. The van der Waals surface area contributed by atoms with Crippen molar-refractivity contribution in [2.45, 2.75) is 19.3 Å². The van der Waals surface area contributed by atoms with Crippen LogP contribution in [0.4, 0.5) is 0 Å². The summed E-state index contributed by atoms with van der Waals surface area (Å²) in [6.07, 6.45) is 5.36. The summed E-state index contributed by atoms with van der Waals surface area (Å²) in [4.78, 5) is 0. The van der Waals surface area contributed by atoms with Gasteiger partial charge in [0.05, 0.1) is 6.26 Å². The van der Waals surface area contributed by atoms with Crippen LogP contribution in [0, 0.1) is 5.92 Å². The van der Waals surface area contributed by atoms with Crippen LogP contribution in [0.15, 0.2) is 22.8 Å². The number of piperidine rings is 1. The summed E-state index contributed by atoms with van der Waals surface area (Å²) in [6.45, 7) is 4.55. The van der Waals surface area contributed by atoms with Crippen LogP contribution in [0.25, 0.3) is 0 Å². The Morgan fingerprint density at radius 3 is 3.00 bits per heavy atom. The van der Waals surface area contributed by atoms with E-state index in [9.17, 15) is 0 Å². The quantitative estimate of drug-likeness (QED) is 0.718. The zero-order chi connectivity index (χ0) is 10.3. The molecule has 1 aromatic rings. The molecule has 0 atom stereocenters. The average molecular weight is 208 g/mol. The van der Waals surface area contributed by atoms with Gasteiger partial charge < -0.3 is 15.1 Å². The van der Waals surface area contributed by atoms with E-state index in [0.717, 1.165) is 31.2 Å². The molecule has 0 bridgehead atoms. The van der Waals surface area contributed by atoms with Gasteiger partial charge in [-0.05, 0) is 50.5 Å². The molecule has 2 rings (SSSR count). The maximum atomic E-state index is 5.28. The van der Waals surface area contributed by atoms with Crippen LogP contribution in [0.1, 0.15) is 18.6 Å². The van der Waals surface area contributed by atoms with Gasteiger partial charge in [-0.25, -0.2) is 0 Å². The molecule has 1 aliphatic heterocycles. The van der Waals surface area contributed by atoms with Crippen molar-refractivity contribution in [2.75, 3.05) is 26.2 Å². The first kappa shape index (κ1) is 10.7. The smallest absolute Gasteiger partial charge is 0.105 e. The first-order valence-corrected chi connectivity index (χ1v) is 5.89. The Morgan fingerprint density at radius 1 is 1.40 bits per heavy atom. The zero-order valence-corrected chi connectivity index (χ0v) is 9.17. The van der Waals surface area contributed by atoms with Crippen LogP contribution in [-0.2, 0) is 6.42 Å². The molecule has 2 N–H and O–H groups in total. The number of rotatable bonds is 5. The molecule has 0 unspecified atom stereocenters. The topological polar surface area (TPSA) is 37.2 Å². The SMILES string of the molecule is c1coc(CCNCC2CCNCC2)c1. The number of nitrogens with one attached hydrogen (secondary N) is 2. The molecule has 84 valence electrons. The number of furan rings is 1. The van der Waals surface area contributed by atoms with Crippen LogP contribution < -0.4 is 10.6 Å². The lowest BCUT2D eigenvalue weighted by Crippen LogP contribution is -2.34. The highest BCUT2D eigenvalue weighted by atomic mass is 16.3. The Labute approximate surface area is 91.2 Å². The van der Waals surface area contributed by atoms with Gasteiger partial charge in [0, 0.05) is 13.0 Å². The van der Waals surface area contributed by atoms with Crippen molar-refractivity contribution in [1.82, 2.24) is 10.6 Å². The van der Waals surface area contributed by atoms with Gasteiger partial charge in [0.2, 0.25) is 0 Å². The van der Waals surface area contributed by atoms with Crippen LogP contribution in [0.2, 0.25) is 0 Å². The molecule has 3 heteroatoms. The van der Waals surface area contributed by atoms with Gasteiger partial charge in [-0.2, -0.15) is 0 Å². The summed E-state index contributed by atoms with van der Waals surface area (Å²) in [5, 5.41) is 6.89. The van der Waals surface area contributed by atoms with Gasteiger partial charge in [-0.1, -0.05) is 0 Å². The summed E-state index contributed by atoms with van der Waals surface area (Å²) >= 11 is 0. The minimum absolute atomic E-state index is 0.864. The minimum Gasteiger partial charge on any atom is -0.469 e. The predicted octanol–water partition coefficient (Wildman–Crippen LogP) is 1.41. The van der Waals surface area contributed by atoms with Gasteiger partial charge in [0.15, 0.2) is 0 Å². The summed E-state index contributed by atoms with van der Waals surface area (Å²) in [5.41, 5.74) is 0. The Hall–Kier alpha value is -0.800. The molecule has 0 spiro atoms. The lowest BCUT2D eigenvalue weighted by molar-refractivity contribution is 0.356. The molecule has 2 heterocycles. The molecule has 15 heavy (non-hydrogen) atoms. The average Bonchev–Trinajstić information content (AvgIpc) is 2.79. The van der Waals surface area contributed by atoms with E-state index in [1.165, 1.54) is 25.9 Å². The number of hydrogen-bond donors (Lipinski definition) is 2. The molecule has 1 aromatic heterocycles. The lowest BCUT2D eigenvalue weighted by Gasteiger charge is -2.22. The maximum Gasteiger partial charge on any atom is 0.105 e. The first-order valence-electron chi connectivity index (χ1n) is 5.89. The largest absolute Gasteiger partial charge is 0.469 e. The molecule has 1 saturated heterocycles. The molecular weight excluding hydrogens is 188 g/mol. The summed E-state index contributed by atoms with van der Waals surface area (Å²) in [7, 11) is 0. The van der Waals surface area contributed by atoms with E-state index in [4.69, 9.17) is 4.42 Å².